The van der Waals surface area contributed by atoms with E-state index in [9.17, 15) is 43.2 Å². The molecule has 84 heavy (non-hydrogen) atoms. The summed E-state index contributed by atoms with van der Waals surface area (Å²) < 4.78 is 67.8. The summed E-state index contributed by atoms with van der Waals surface area (Å²) >= 11 is 0. The van der Waals surface area contributed by atoms with Gasteiger partial charge in [0.05, 0.1) is 26.4 Å². The molecule has 0 radical (unpaired) electrons. The Morgan fingerprint density at radius 3 is 0.702 bits per heavy atom. The third kappa shape index (κ3) is 59.0. The molecule has 0 bridgehead atoms. The number of rotatable bonds is 66. The summed E-state index contributed by atoms with van der Waals surface area (Å²) in [6.45, 7) is 4.82. The van der Waals surface area contributed by atoms with Crippen LogP contribution in [0.2, 0.25) is 0 Å². The fraction of sp³-hybridized carbons (Fsp3) is 0.938. The number of carbonyl (C=O) groups is 4. The number of carbonyl (C=O) groups excluding carboxylic acids is 4. The van der Waals surface area contributed by atoms with Crippen molar-refractivity contribution in [1.82, 2.24) is 0 Å². The van der Waals surface area contributed by atoms with Gasteiger partial charge in [0.1, 0.15) is 19.3 Å². The van der Waals surface area contributed by atoms with Gasteiger partial charge in [0.25, 0.3) is 0 Å². The van der Waals surface area contributed by atoms with Crippen molar-refractivity contribution in [2.45, 2.75) is 354 Å². The zero-order chi connectivity index (χ0) is 61.9. The largest absolute Gasteiger partial charge is 0.472 e. The number of aliphatic hydroxyl groups excluding tert-OH is 1. The number of phosphoric ester groups is 2. The summed E-state index contributed by atoms with van der Waals surface area (Å²) in [7, 11) is -9.88. The van der Waals surface area contributed by atoms with Crippen LogP contribution in [0.1, 0.15) is 336 Å². The van der Waals surface area contributed by atoms with Crippen LogP contribution in [0.4, 0.5) is 0 Å². The summed E-state index contributed by atoms with van der Waals surface area (Å²) in [6.07, 6.45) is 46.1. The minimum atomic E-state index is -4.94. The molecule has 0 aromatic rings. The van der Waals surface area contributed by atoms with Crippen LogP contribution in [0.25, 0.3) is 0 Å². The Balaban J connectivity index is 5.14. The average molecular weight is 1240 g/mol. The Morgan fingerprint density at radius 2 is 0.476 bits per heavy atom. The molecule has 5 atom stereocenters. The third-order valence-corrected chi connectivity index (χ3v) is 17.0. The van der Waals surface area contributed by atoms with Crippen molar-refractivity contribution in [2.24, 2.45) is 0 Å². The highest BCUT2D eigenvalue weighted by atomic mass is 31.2. The van der Waals surface area contributed by atoms with Gasteiger partial charge in [-0.25, -0.2) is 9.13 Å². The second kappa shape index (κ2) is 60.0. The molecule has 19 heteroatoms. The lowest BCUT2D eigenvalue weighted by atomic mass is 10.0. The Bertz CT molecular complexity index is 1620. The van der Waals surface area contributed by atoms with Crippen molar-refractivity contribution in [2.75, 3.05) is 39.6 Å². The maximum Gasteiger partial charge on any atom is 0.472 e. The normalized spacial score (nSPS) is 14.1. The molecular formula is C65H126O17P2. The van der Waals surface area contributed by atoms with Gasteiger partial charge in [0, 0.05) is 25.7 Å². The van der Waals surface area contributed by atoms with Gasteiger partial charge < -0.3 is 33.8 Å². The van der Waals surface area contributed by atoms with E-state index < -0.39 is 97.5 Å². The van der Waals surface area contributed by atoms with Crippen molar-refractivity contribution in [3.05, 3.63) is 0 Å². The van der Waals surface area contributed by atoms with E-state index in [1.807, 2.05) is 0 Å². The highest BCUT2D eigenvalue weighted by Crippen LogP contribution is 2.45. The van der Waals surface area contributed by atoms with E-state index in [0.29, 0.717) is 25.7 Å². The first-order valence-corrected chi connectivity index (χ1v) is 37.3. The number of hydrogen-bond donors (Lipinski definition) is 3. The van der Waals surface area contributed by atoms with Gasteiger partial charge in [-0.15, -0.1) is 0 Å². The predicted octanol–water partition coefficient (Wildman–Crippen LogP) is 18.3. The van der Waals surface area contributed by atoms with Crippen molar-refractivity contribution in [3.8, 4) is 0 Å². The van der Waals surface area contributed by atoms with E-state index in [0.717, 1.165) is 116 Å². The average Bonchev–Trinajstić information content (AvgIpc) is 3.51. The fourth-order valence-corrected chi connectivity index (χ4v) is 11.4. The molecule has 2 unspecified atom stereocenters. The summed E-state index contributed by atoms with van der Waals surface area (Å²) in [6, 6.07) is 0. The van der Waals surface area contributed by atoms with Gasteiger partial charge in [-0.3, -0.25) is 37.3 Å². The van der Waals surface area contributed by atoms with Crippen LogP contribution >= 0.6 is 15.6 Å². The van der Waals surface area contributed by atoms with Crippen LogP contribution in [0, 0.1) is 0 Å². The van der Waals surface area contributed by atoms with E-state index in [-0.39, 0.29) is 25.7 Å². The second-order valence-electron chi connectivity index (χ2n) is 23.5. The molecule has 0 heterocycles. The first-order valence-electron chi connectivity index (χ1n) is 34.3. The molecule has 3 N–H and O–H groups in total. The SMILES string of the molecule is CCCCCCCCCCCCCCCCCCCCC(=O)O[C@H](COC(=O)CCCCCCCCCCCCCC)COP(=O)(O)OC[C@@H](O)COP(=O)(O)OC[C@@H](COC(=O)CCCCCCCCC)OC(=O)CCCCCCCCC. The van der Waals surface area contributed by atoms with Crippen molar-refractivity contribution in [1.29, 1.82) is 0 Å². The van der Waals surface area contributed by atoms with Gasteiger partial charge in [-0.2, -0.15) is 0 Å². The first-order chi connectivity index (χ1) is 40.7. The molecule has 0 aliphatic rings. The zero-order valence-electron chi connectivity index (χ0n) is 53.9. The minimum Gasteiger partial charge on any atom is -0.462 e. The van der Waals surface area contributed by atoms with Crippen LogP contribution in [-0.2, 0) is 65.4 Å². The van der Waals surface area contributed by atoms with Gasteiger partial charge in [0.2, 0.25) is 0 Å². The second-order valence-corrected chi connectivity index (χ2v) is 26.4. The van der Waals surface area contributed by atoms with E-state index in [4.69, 9.17) is 37.0 Å². The monoisotopic (exact) mass is 1240 g/mol. The number of hydrogen-bond acceptors (Lipinski definition) is 15. The number of ether oxygens (including phenoxy) is 4. The first kappa shape index (κ1) is 82.1. The Labute approximate surface area is 511 Å². The smallest absolute Gasteiger partial charge is 0.462 e. The highest BCUT2D eigenvalue weighted by Gasteiger charge is 2.30. The summed E-state index contributed by atoms with van der Waals surface area (Å²) in [5.41, 5.74) is 0. The molecule has 0 aliphatic heterocycles. The molecule has 0 spiro atoms. The van der Waals surface area contributed by atoms with Gasteiger partial charge in [-0.05, 0) is 25.7 Å². The lowest BCUT2D eigenvalue weighted by Crippen LogP contribution is -2.30. The van der Waals surface area contributed by atoms with E-state index in [1.165, 1.54) is 141 Å². The topological polar surface area (TPSA) is 237 Å². The van der Waals surface area contributed by atoms with E-state index >= 15 is 0 Å². The Kier molecular flexibility index (Phi) is 58.6. The molecule has 0 aromatic carbocycles. The van der Waals surface area contributed by atoms with Crippen LogP contribution in [-0.4, -0.2) is 96.7 Å². The fourth-order valence-electron chi connectivity index (χ4n) is 9.81. The number of unbranched alkanes of at least 4 members (excludes halogenated alkanes) is 40. The van der Waals surface area contributed by atoms with Crippen molar-refractivity contribution in [3.63, 3.8) is 0 Å². The van der Waals surface area contributed by atoms with Gasteiger partial charge in [-0.1, -0.05) is 285 Å². The standard InChI is InChI=1S/C65H126O17P2/c1-5-9-13-17-21-23-25-27-28-29-30-31-32-34-36-40-44-48-52-65(70)82-61(56-76-63(68)50-46-42-39-35-33-26-24-22-18-14-10-6-2)58-80-84(73,74)78-54-59(66)53-77-83(71,72)79-57-60(81-64(69)51-47-43-38-20-16-12-8-4)55-75-62(67)49-45-41-37-19-15-11-7-3/h59-61,66H,5-58H2,1-4H3,(H,71,72)(H,73,74)/t59-,60+,61+/m0/s1. The number of esters is 4. The van der Waals surface area contributed by atoms with E-state index in [1.54, 1.807) is 0 Å². The summed E-state index contributed by atoms with van der Waals surface area (Å²) in [5.74, 6) is -2.14. The summed E-state index contributed by atoms with van der Waals surface area (Å²) in [4.78, 5) is 72.0. The molecule has 0 saturated carbocycles. The highest BCUT2D eigenvalue weighted by molar-refractivity contribution is 7.47. The summed E-state index contributed by atoms with van der Waals surface area (Å²) in [5, 5.41) is 10.5. The van der Waals surface area contributed by atoms with Crippen molar-refractivity contribution < 1.29 is 80.2 Å². The van der Waals surface area contributed by atoms with Crippen LogP contribution < -0.4 is 0 Å². The lowest BCUT2D eigenvalue weighted by molar-refractivity contribution is -0.161. The quantitative estimate of drug-likeness (QED) is 0.0222. The van der Waals surface area contributed by atoms with E-state index in [2.05, 4.69) is 27.7 Å². The molecule has 0 fully saturated rings. The maximum atomic E-state index is 13.0. The molecule has 0 amide bonds. The molecular weight excluding hydrogens is 1110 g/mol. The molecule has 17 nitrogen and oxygen atoms in total. The predicted molar refractivity (Wildman–Crippen MR) is 335 cm³/mol. The number of aliphatic hydroxyl groups is 1. The third-order valence-electron chi connectivity index (χ3n) is 15.1. The van der Waals surface area contributed by atoms with Gasteiger partial charge >= 0.3 is 39.5 Å². The molecule has 0 rings (SSSR count). The molecule has 0 saturated heterocycles. The van der Waals surface area contributed by atoms with Crippen LogP contribution in [0.3, 0.4) is 0 Å². The Morgan fingerprint density at radius 1 is 0.286 bits per heavy atom. The van der Waals surface area contributed by atoms with Crippen LogP contribution in [0.5, 0.6) is 0 Å². The Hall–Kier alpha value is -1.94. The van der Waals surface area contributed by atoms with Gasteiger partial charge in [0.15, 0.2) is 12.2 Å². The lowest BCUT2D eigenvalue weighted by Gasteiger charge is -2.21. The van der Waals surface area contributed by atoms with Crippen LogP contribution in [0.15, 0.2) is 0 Å². The number of phosphoric acid groups is 2. The maximum absolute atomic E-state index is 13.0. The molecule has 0 aliphatic carbocycles. The van der Waals surface area contributed by atoms with Crippen molar-refractivity contribution >= 4 is 39.5 Å². The minimum absolute atomic E-state index is 0.104. The molecule has 0 aromatic heterocycles. The molecule has 498 valence electrons. The zero-order valence-corrected chi connectivity index (χ0v) is 55.7.